The van der Waals surface area contributed by atoms with Crippen molar-refractivity contribution in [2.45, 2.75) is 38.9 Å². The topological polar surface area (TPSA) is 83.7 Å². The van der Waals surface area contributed by atoms with Crippen molar-refractivity contribution in [2.75, 3.05) is 12.8 Å². The Morgan fingerprint density at radius 2 is 1.80 bits per heavy atom. The van der Waals surface area contributed by atoms with Gasteiger partial charge in [-0.05, 0) is 27.7 Å². The van der Waals surface area contributed by atoms with Gasteiger partial charge in [-0.2, -0.15) is 0 Å². The minimum atomic E-state index is -0.704. The van der Waals surface area contributed by atoms with Crippen LogP contribution in [0.3, 0.4) is 0 Å². The van der Waals surface area contributed by atoms with Crippen molar-refractivity contribution in [1.29, 1.82) is 0 Å². The molecule has 1 saturated heterocycles. The van der Waals surface area contributed by atoms with Crippen LogP contribution in [0.25, 0.3) is 0 Å². The van der Waals surface area contributed by atoms with Crippen LogP contribution in [0.15, 0.2) is 12.4 Å². The SMILES string of the molecule is COC(=O)c1c(N)cncc1B1OC(C)(C)C(C)(C)O1. The molecule has 0 aromatic carbocycles. The molecule has 0 amide bonds. The molecule has 1 aliphatic heterocycles. The van der Waals surface area contributed by atoms with Crippen LogP contribution >= 0.6 is 0 Å². The Hall–Kier alpha value is -1.60. The van der Waals surface area contributed by atoms with E-state index in [1.165, 1.54) is 19.5 Å². The number of carbonyl (C=O) groups excluding carboxylic acids is 1. The van der Waals surface area contributed by atoms with Crippen LogP contribution < -0.4 is 11.2 Å². The van der Waals surface area contributed by atoms with Gasteiger partial charge in [0.15, 0.2) is 0 Å². The van der Waals surface area contributed by atoms with Gasteiger partial charge in [0, 0.05) is 11.7 Å². The first-order chi connectivity index (χ1) is 9.19. The standard InChI is InChI=1S/C13H19BN2O4/c1-12(2)13(3,4)20-14(19-12)8-6-16-7-9(15)10(8)11(17)18-5/h6-7H,15H2,1-5H3. The van der Waals surface area contributed by atoms with Crippen molar-refractivity contribution in [2.24, 2.45) is 0 Å². The maximum absolute atomic E-state index is 11.9. The Kier molecular flexibility index (Phi) is 3.52. The molecule has 1 aliphatic rings. The molecule has 2 rings (SSSR count). The highest BCUT2D eigenvalue weighted by Gasteiger charge is 2.52. The number of nitrogens with two attached hydrogens (primary N) is 1. The zero-order chi connectivity index (χ0) is 15.1. The summed E-state index contributed by atoms with van der Waals surface area (Å²) in [7, 11) is 0.598. The van der Waals surface area contributed by atoms with E-state index in [1.54, 1.807) is 0 Å². The average Bonchev–Trinajstić information content (AvgIpc) is 2.57. The molecule has 6 nitrogen and oxygen atoms in total. The highest BCUT2D eigenvalue weighted by molar-refractivity contribution is 6.63. The summed E-state index contributed by atoms with van der Waals surface area (Å²) in [6.45, 7) is 7.74. The summed E-state index contributed by atoms with van der Waals surface area (Å²) < 4.78 is 16.6. The normalized spacial score (nSPS) is 19.9. The summed E-state index contributed by atoms with van der Waals surface area (Å²) in [5, 5.41) is 0. The molecule has 2 heterocycles. The molecule has 1 fully saturated rings. The predicted molar refractivity (Wildman–Crippen MR) is 75.7 cm³/mol. The number of anilines is 1. The number of rotatable bonds is 2. The Morgan fingerprint density at radius 3 is 2.30 bits per heavy atom. The number of nitrogen functional groups attached to an aromatic ring is 1. The molecular weight excluding hydrogens is 259 g/mol. The van der Waals surface area contributed by atoms with Crippen LogP contribution in [0.5, 0.6) is 0 Å². The Balaban J connectivity index is 2.46. The lowest BCUT2D eigenvalue weighted by Gasteiger charge is -2.32. The first-order valence-corrected chi connectivity index (χ1v) is 6.37. The van der Waals surface area contributed by atoms with Crippen LogP contribution in [-0.4, -0.2) is 36.4 Å². The fourth-order valence-electron chi connectivity index (χ4n) is 1.98. The van der Waals surface area contributed by atoms with Gasteiger partial charge < -0.3 is 19.8 Å². The smallest absolute Gasteiger partial charge is 0.465 e. The zero-order valence-electron chi connectivity index (χ0n) is 12.4. The van der Waals surface area contributed by atoms with Crippen molar-refractivity contribution in [3.8, 4) is 0 Å². The van der Waals surface area contributed by atoms with E-state index in [0.717, 1.165) is 0 Å². The predicted octanol–water partition coefficient (Wildman–Crippen LogP) is 0.750. The quantitative estimate of drug-likeness (QED) is 0.635. The molecule has 0 unspecified atom stereocenters. The fraction of sp³-hybridized carbons (Fsp3) is 0.538. The van der Waals surface area contributed by atoms with Gasteiger partial charge in [-0.1, -0.05) is 0 Å². The fourth-order valence-corrected chi connectivity index (χ4v) is 1.98. The summed E-state index contributed by atoms with van der Waals surface area (Å²) in [6.07, 6.45) is 2.92. The van der Waals surface area contributed by atoms with E-state index in [2.05, 4.69) is 4.98 Å². The lowest BCUT2D eigenvalue weighted by Crippen LogP contribution is -2.41. The van der Waals surface area contributed by atoms with Gasteiger partial charge in [-0.3, -0.25) is 4.98 Å². The Bertz CT molecular complexity index is 529. The molecule has 0 radical (unpaired) electrons. The van der Waals surface area contributed by atoms with Crippen LogP contribution in [0.2, 0.25) is 0 Å². The van der Waals surface area contributed by atoms with E-state index in [4.69, 9.17) is 19.8 Å². The molecule has 0 saturated carbocycles. The number of pyridine rings is 1. The van der Waals surface area contributed by atoms with E-state index in [-0.39, 0.29) is 11.3 Å². The van der Waals surface area contributed by atoms with E-state index in [1.807, 2.05) is 27.7 Å². The van der Waals surface area contributed by atoms with Crippen molar-refractivity contribution in [3.63, 3.8) is 0 Å². The number of methoxy groups -OCH3 is 1. The number of nitrogens with zero attached hydrogens (tertiary/aromatic N) is 1. The lowest BCUT2D eigenvalue weighted by molar-refractivity contribution is 0.00578. The van der Waals surface area contributed by atoms with Gasteiger partial charge in [0.05, 0.1) is 35.8 Å². The highest BCUT2D eigenvalue weighted by Crippen LogP contribution is 2.36. The molecule has 0 atom stereocenters. The maximum Gasteiger partial charge on any atom is 0.497 e. The molecule has 2 N–H and O–H groups in total. The molecule has 1 aromatic rings. The van der Waals surface area contributed by atoms with Crippen LogP contribution in [0.4, 0.5) is 5.69 Å². The molecule has 1 aromatic heterocycles. The van der Waals surface area contributed by atoms with Gasteiger partial charge in [-0.15, -0.1) is 0 Å². The van der Waals surface area contributed by atoms with Crippen LogP contribution in [-0.2, 0) is 14.0 Å². The number of aromatic nitrogens is 1. The van der Waals surface area contributed by atoms with E-state index < -0.39 is 24.3 Å². The van der Waals surface area contributed by atoms with E-state index in [0.29, 0.717) is 5.46 Å². The third kappa shape index (κ3) is 2.27. The minimum Gasteiger partial charge on any atom is -0.465 e. The number of ether oxygens (including phenoxy) is 1. The first-order valence-electron chi connectivity index (χ1n) is 6.37. The second-order valence-corrected chi connectivity index (χ2v) is 5.77. The molecular formula is C13H19BN2O4. The minimum absolute atomic E-state index is 0.237. The summed E-state index contributed by atoms with van der Waals surface area (Å²) >= 11 is 0. The van der Waals surface area contributed by atoms with Crippen LogP contribution in [0.1, 0.15) is 38.1 Å². The van der Waals surface area contributed by atoms with Crippen molar-refractivity contribution in [1.82, 2.24) is 4.98 Å². The Labute approximate surface area is 118 Å². The second-order valence-electron chi connectivity index (χ2n) is 5.77. The van der Waals surface area contributed by atoms with Crippen molar-refractivity contribution in [3.05, 3.63) is 18.0 Å². The zero-order valence-corrected chi connectivity index (χ0v) is 12.4. The van der Waals surface area contributed by atoms with E-state index in [9.17, 15) is 4.79 Å². The summed E-state index contributed by atoms with van der Waals surface area (Å²) in [5.41, 5.74) is 5.78. The van der Waals surface area contributed by atoms with Crippen molar-refractivity contribution < 1.29 is 18.8 Å². The Morgan fingerprint density at radius 1 is 1.25 bits per heavy atom. The summed E-state index contributed by atoms with van der Waals surface area (Å²) in [5.74, 6) is -0.533. The highest BCUT2D eigenvalue weighted by atomic mass is 16.7. The maximum atomic E-state index is 11.9. The van der Waals surface area contributed by atoms with Gasteiger partial charge in [0.25, 0.3) is 0 Å². The van der Waals surface area contributed by atoms with Crippen molar-refractivity contribution >= 4 is 24.2 Å². The number of carbonyl (C=O) groups is 1. The molecule has 108 valence electrons. The molecule has 0 bridgehead atoms. The molecule has 7 heteroatoms. The summed E-state index contributed by atoms with van der Waals surface area (Å²) in [4.78, 5) is 15.9. The van der Waals surface area contributed by atoms with Gasteiger partial charge >= 0.3 is 13.1 Å². The second kappa shape index (κ2) is 4.75. The summed E-state index contributed by atoms with van der Waals surface area (Å²) in [6, 6.07) is 0. The molecule has 20 heavy (non-hydrogen) atoms. The van der Waals surface area contributed by atoms with Gasteiger partial charge in [-0.25, -0.2) is 4.79 Å². The molecule has 0 spiro atoms. The third-order valence-electron chi connectivity index (χ3n) is 3.90. The largest absolute Gasteiger partial charge is 0.497 e. The van der Waals surface area contributed by atoms with Gasteiger partial charge in [0.1, 0.15) is 0 Å². The van der Waals surface area contributed by atoms with Crippen LogP contribution in [0, 0.1) is 0 Å². The number of hydrogen-bond acceptors (Lipinski definition) is 6. The average molecular weight is 278 g/mol. The number of hydrogen-bond donors (Lipinski definition) is 1. The molecule has 0 aliphatic carbocycles. The number of esters is 1. The third-order valence-corrected chi connectivity index (χ3v) is 3.90. The lowest BCUT2D eigenvalue weighted by atomic mass is 9.76. The van der Waals surface area contributed by atoms with E-state index >= 15 is 0 Å². The monoisotopic (exact) mass is 278 g/mol. The van der Waals surface area contributed by atoms with Gasteiger partial charge in [0.2, 0.25) is 0 Å². The first kappa shape index (κ1) is 14.8.